The second kappa shape index (κ2) is 6.91. The zero-order valence-electron chi connectivity index (χ0n) is 13.3. The second-order valence-corrected chi connectivity index (χ2v) is 5.84. The smallest absolute Gasteiger partial charge is 0.170 e. The quantitative estimate of drug-likeness (QED) is 0.504. The van der Waals surface area contributed by atoms with Crippen LogP contribution in [0.15, 0.2) is 67.3 Å². The van der Waals surface area contributed by atoms with Gasteiger partial charge < -0.3 is 0 Å². The molecule has 0 aliphatic heterocycles. The van der Waals surface area contributed by atoms with Gasteiger partial charge in [-0.3, -0.25) is 14.4 Å². The molecule has 0 amide bonds. The SMILES string of the molecule is C=CCC1(NOCc2ccccc2)C(=O)CC(=O)c2ccccc21. The summed E-state index contributed by atoms with van der Waals surface area (Å²) in [5.41, 5.74) is 4.08. The average molecular weight is 321 g/mol. The van der Waals surface area contributed by atoms with Gasteiger partial charge >= 0.3 is 0 Å². The van der Waals surface area contributed by atoms with Crippen LogP contribution in [0.5, 0.6) is 0 Å². The lowest BCUT2D eigenvalue weighted by Gasteiger charge is -2.36. The standard InChI is InChI=1S/C20H19NO3/c1-2-12-20(21-24-14-15-8-4-3-5-9-15)17-11-7-6-10-16(17)18(22)13-19(20)23/h2-11,21H,1,12-14H2. The van der Waals surface area contributed by atoms with E-state index in [2.05, 4.69) is 12.1 Å². The average Bonchev–Trinajstić information content (AvgIpc) is 2.61. The maximum atomic E-state index is 12.7. The highest BCUT2D eigenvalue weighted by Gasteiger charge is 2.45. The summed E-state index contributed by atoms with van der Waals surface area (Å²) in [5, 5.41) is 0. The van der Waals surface area contributed by atoms with Gasteiger partial charge in [0.2, 0.25) is 0 Å². The molecule has 0 fully saturated rings. The molecular weight excluding hydrogens is 302 g/mol. The fourth-order valence-corrected chi connectivity index (χ4v) is 3.05. The summed E-state index contributed by atoms with van der Waals surface area (Å²) in [5.74, 6) is -0.348. The summed E-state index contributed by atoms with van der Waals surface area (Å²) in [4.78, 5) is 30.5. The summed E-state index contributed by atoms with van der Waals surface area (Å²) in [6, 6.07) is 16.9. The number of hydrogen-bond acceptors (Lipinski definition) is 4. The normalized spacial score (nSPS) is 19.8. The number of nitrogens with one attached hydrogen (secondary N) is 1. The molecule has 24 heavy (non-hydrogen) atoms. The van der Waals surface area contributed by atoms with Gasteiger partial charge in [-0.15, -0.1) is 6.58 Å². The zero-order valence-corrected chi connectivity index (χ0v) is 13.3. The molecule has 0 radical (unpaired) electrons. The maximum absolute atomic E-state index is 12.7. The van der Waals surface area contributed by atoms with Crippen molar-refractivity contribution in [3.05, 3.63) is 83.9 Å². The van der Waals surface area contributed by atoms with Gasteiger partial charge in [-0.2, -0.15) is 5.48 Å². The van der Waals surface area contributed by atoms with Gasteiger partial charge in [0, 0.05) is 5.56 Å². The van der Waals surface area contributed by atoms with E-state index in [1.54, 1.807) is 24.3 Å². The number of benzene rings is 2. The van der Waals surface area contributed by atoms with Crippen LogP contribution in [-0.2, 0) is 21.8 Å². The van der Waals surface area contributed by atoms with Crippen molar-refractivity contribution in [2.75, 3.05) is 0 Å². The number of ketones is 2. The Bertz CT molecular complexity index is 769. The molecule has 1 aliphatic carbocycles. The molecule has 0 aromatic heterocycles. The molecule has 4 nitrogen and oxygen atoms in total. The number of fused-ring (bicyclic) bond motifs is 1. The number of hydrogen-bond donors (Lipinski definition) is 1. The van der Waals surface area contributed by atoms with Crippen LogP contribution in [-0.4, -0.2) is 11.6 Å². The number of carbonyl (C=O) groups is 2. The topological polar surface area (TPSA) is 55.4 Å². The highest BCUT2D eigenvalue weighted by molar-refractivity contribution is 6.16. The van der Waals surface area contributed by atoms with E-state index >= 15 is 0 Å². The van der Waals surface area contributed by atoms with Crippen molar-refractivity contribution in [3.8, 4) is 0 Å². The van der Waals surface area contributed by atoms with E-state index in [0.717, 1.165) is 5.56 Å². The fourth-order valence-electron chi connectivity index (χ4n) is 3.05. The number of hydroxylamine groups is 1. The van der Waals surface area contributed by atoms with Crippen molar-refractivity contribution in [2.24, 2.45) is 0 Å². The minimum Gasteiger partial charge on any atom is -0.297 e. The van der Waals surface area contributed by atoms with Crippen LogP contribution in [0.3, 0.4) is 0 Å². The molecule has 1 aliphatic rings. The third kappa shape index (κ3) is 2.94. The van der Waals surface area contributed by atoms with E-state index in [4.69, 9.17) is 4.84 Å². The lowest BCUT2D eigenvalue weighted by Crippen LogP contribution is -2.52. The first-order valence-electron chi connectivity index (χ1n) is 7.87. The molecule has 3 rings (SSSR count). The molecule has 122 valence electrons. The van der Waals surface area contributed by atoms with Crippen molar-refractivity contribution in [1.82, 2.24) is 5.48 Å². The Balaban J connectivity index is 1.89. The summed E-state index contributed by atoms with van der Waals surface area (Å²) < 4.78 is 0. The zero-order chi connectivity index (χ0) is 17.0. The Morgan fingerprint density at radius 2 is 1.79 bits per heavy atom. The van der Waals surface area contributed by atoms with Gasteiger partial charge in [-0.05, 0) is 17.5 Å². The van der Waals surface area contributed by atoms with Gasteiger partial charge in [0.1, 0.15) is 5.54 Å². The van der Waals surface area contributed by atoms with Crippen LogP contribution in [0, 0.1) is 0 Å². The van der Waals surface area contributed by atoms with E-state index in [-0.39, 0.29) is 18.0 Å². The molecule has 0 heterocycles. The van der Waals surface area contributed by atoms with Crippen LogP contribution < -0.4 is 5.48 Å². The van der Waals surface area contributed by atoms with E-state index in [1.165, 1.54) is 0 Å². The third-order valence-corrected chi connectivity index (χ3v) is 4.26. The fraction of sp³-hybridized carbons (Fsp3) is 0.200. The molecule has 0 bridgehead atoms. The first-order valence-corrected chi connectivity index (χ1v) is 7.87. The first kappa shape index (κ1) is 16.3. The molecule has 1 unspecified atom stereocenters. The van der Waals surface area contributed by atoms with Crippen LogP contribution in [0.2, 0.25) is 0 Å². The molecule has 0 saturated carbocycles. The lowest BCUT2D eigenvalue weighted by molar-refractivity contribution is -0.134. The van der Waals surface area contributed by atoms with E-state index in [9.17, 15) is 9.59 Å². The van der Waals surface area contributed by atoms with Crippen LogP contribution in [0.1, 0.15) is 34.3 Å². The number of rotatable bonds is 6. The molecule has 1 N–H and O–H groups in total. The van der Waals surface area contributed by atoms with Crippen molar-refractivity contribution >= 4 is 11.6 Å². The number of Topliss-reactive ketones (excluding diaryl/α,β-unsaturated/α-hetero) is 2. The van der Waals surface area contributed by atoms with E-state index < -0.39 is 5.54 Å². The van der Waals surface area contributed by atoms with Gasteiger partial charge in [-0.1, -0.05) is 60.7 Å². The van der Waals surface area contributed by atoms with Gasteiger partial charge in [0.05, 0.1) is 13.0 Å². The van der Waals surface area contributed by atoms with Crippen LogP contribution >= 0.6 is 0 Å². The predicted octanol–water partition coefficient (Wildman–Crippen LogP) is 3.33. The third-order valence-electron chi connectivity index (χ3n) is 4.26. The largest absolute Gasteiger partial charge is 0.297 e. The van der Waals surface area contributed by atoms with Gasteiger partial charge in [0.25, 0.3) is 0 Å². The lowest BCUT2D eigenvalue weighted by atomic mass is 9.73. The Labute approximate surface area is 141 Å². The van der Waals surface area contributed by atoms with Crippen LogP contribution in [0.4, 0.5) is 0 Å². The molecule has 2 aromatic rings. The Morgan fingerprint density at radius 3 is 2.54 bits per heavy atom. The first-order chi connectivity index (χ1) is 11.7. The highest BCUT2D eigenvalue weighted by Crippen LogP contribution is 2.36. The molecule has 2 aromatic carbocycles. The summed E-state index contributed by atoms with van der Waals surface area (Å²) in [6.07, 6.45) is 1.89. The van der Waals surface area contributed by atoms with Crippen molar-refractivity contribution < 1.29 is 14.4 Å². The maximum Gasteiger partial charge on any atom is 0.170 e. The van der Waals surface area contributed by atoms with Gasteiger partial charge in [0.15, 0.2) is 11.6 Å². The summed E-state index contributed by atoms with van der Waals surface area (Å²) >= 11 is 0. The Morgan fingerprint density at radius 1 is 1.08 bits per heavy atom. The Hall–Kier alpha value is -2.56. The minimum atomic E-state index is -1.07. The van der Waals surface area contributed by atoms with Gasteiger partial charge in [-0.25, -0.2) is 0 Å². The number of carbonyl (C=O) groups excluding carboxylic acids is 2. The highest BCUT2D eigenvalue weighted by atomic mass is 16.6. The molecule has 0 saturated heterocycles. The minimum absolute atomic E-state index is 0.132. The van der Waals surface area contributed by atoms with Crippen molar-refractivity contribution in [3.63, 3.8) is 0 Å². The van der Waals surface area contributed by atoms with E-state index in [1.807, 2.05) is 36.4 Å². The summed E-state index contributed by atoms with van der Waals surface area (Å²) in [6.45, 7) is 4.08. The second-order valence-electron chi connectivity index (χ2n) is 5.84. The molecule has 1 atom stereocenters. The van der Waals surface area contributed by atoms with Crippen molar-refractivity contribution in [1.29, 1.82) is 0 Å². The molecular formula is C20H19NO3. The van der Waals surface area contributed by atoms with Crippen LogP contribution in [0.25, 0.3) is 0 Å². The molecule has 0 spiro atoms. The van der Waals surface area contributed by atoms with Crippen molar-refractivity contribution in [2.45, 2.75) is 25.0 Å². The van der Waals surface area contributed by atoms with E-state index in [0.29, 0.717) is 24.2 Å². The molecule has 4 heteroatoms. The Kier molecular flexibility index (Phi) is 4.69. The monoisotopic (exact) mass is 321 g/mol. The predicted molar refractivity (Wildman–Crippen MR) is 91.3 cm³/mol. The summed E-state index contributed by atoms with van der Waals surface area (Å²) in [7, 11) is 0.